The van der Waals surface area contributed by atoms with Gasteiger partial charge in [-0.15, -0.1) is 0 Å². The Labute approximate surface area is 250 Å². The van der Waals surface area contributed by atoms with E-state index in [-0.39, 0.29) is 17.1 Å². The monoisotopic (exact) mass is 573 g/mol. The molecule has 5 aromatic rings. The number of aromatic amines is 1. The number of rotatable bonds is 11. The third-order valence-electron chi connectivity index (χ3n) is 8.33. The molecule has 218 valence electrons. The van der Waals surface area contributed by atoms with Gasteiger partial charge in [0.2, 0.25) is 5.95 Å². The Kier molecular flexibility index (Phi) is 8.40. The fourth-order valence-corrected chi connectivity index (χ4v) is 6.03. The maximum atomic E-state index is 14.3. The first-order chi connectivity index (χ1) is 21.0. The summed E-state index contributed by atoms with van der Waals surface area (Å²) in [5, 5.41) is 9.22. The normalized spacial score (nSPS) is 16.4. The fraction of sp³-hybridized carbons (Fsp3) is 0.257. The number of nitrogens with zero attached hydrogens (tertiary/aromatic N) is 2. The van der Waals surface area contributed by atoms with Crippen LogP contribution in [0.2, 0.25) is 0 Å². The van der Waals surface area contributed by atoms with Gasteiger partial charge in [0.25, 0.3) is 5.56 Å². The van der Waals surface area contributed by atoms with Crippen molar-refractivity contribution in [2.45, 2.75) is 43.9 Å². The lowest BCUT2D eigenvalue weighted by molar-refractivity contribution is -0.132. The van der Waals surface area contributed by atoms with E-state index in [1.807, 2.05) is 65.6 Å². The Morgan fingerprint density at radius 3 is 2.49 bits per heavy atom. The lowest BCUT2D eigenvalue weighted by Gasteiger charge is -2.29. The number of hydrogen-bond acceptors (Lipinski definition) is 7. The summed E-state index contributed by atoms with van der Waals surface area (Å²) in [4.78, 5) is 50.7. The number of Topliss-reactive ketones (excluding diaryl/α,β-unsaturated/α-hetero) is 2. The molecule has 3 atom stereocenters. The molecule has 1 fully saturated rings. The van der Waals surface area contributed by atoms with Crippen molar-refractivity contribution in [3.8, 4) is 0 Å². The molecular formula is C35H35N5O3. The number of carbonyl (C=O) groups is 2. The van der Waals surface area contributed by atoms with Crippen LogP contribution in [0.15, 0.2) is 102 Å². The highest BCUT2D eigenvalue weighted by atomic mass is 16.2. The predicted octanol–water partition coefficient (Wildman–Crippen LogP) is 4.17. The number of fused-ring (bicyclic) bond motifs is 2. The van der Waals surface area contributed by atoms with Gasteiger partial charge in [0.15, 0.2) is 11.6 Å². The maximum Gasteiger partial charge on any atom is 0.282 e. The molecule has 8 heteroatoms. The van der Waals surface area contributed by atoms with Crippen LogP contribution in [-0.4, -0.2) is 53.3 Å². The number of aromatic nitrogens is 2. The highest BCUT2D eigenvalue weighted by molar-refractivity contribution is 6.11. The molecule has 8 nitrogen and oxygen atoms in total. The number of anilines is 1. The molecule has 1 aromatic heterocycles. The van der Waals surface area contributed by atoms with Crippen LogP contribution in [0.5, 0.6) is 0 Å². The molecule has 0 saturated carbocycles. The number of para-hydroxylation sites is 1. The third kappa shape index (κ3) is 6.11. The molecule has 3 N–H and O–H groups in total. The van der Waals surface area contributed by atoms with Crippen molar-refractivity contribution in [1.29, 1.82) is 0 Å². The van der Waals surface area contributed by atoms with E-state index in [0.29, 0.717) is 42.8 Å². The van der Waals surface area contributed by atoms with Crippen LogP contribution in [0.1, 0.15) is 24.0 Å². The van der Waals surface area contributed by atoms with Crippen molar-refractivity contribution in [3.63, 3.8) is 0 Å². The number of H-pyrrole nitrogens is 1. The fourth-order valence-electron chi connectivity index (χ4n) is 6.03. The number of benzene rings is 4. The summed E-state index contributed by atoms with van der Waals surface area (Å²) >= 11 is 0. The van der Waals surface area contributed by atoms with Crippen molar-refractivity contribution in [1.82, 2.24) is 20.6 Å². The summed E-state index contributed by atoms with van der Waals surface area (Å²) in [5.74, 6) is -0.0634. The first-order valence-corrected chi connectivity index (χ1v) is 14.8. The van der Waals surface area contributed by atoms with Crippen LogP contribution in [0, 0.1) is 0 Å². The van der Waals surface area contributed by atoms with Crippen molar-refractivity contribution in [3.05, 3.63) is 119 Å². The van der Waals surface area contributed by atoms with E-state index in [9.17, 15) is 14.4 Å². The molecule has 0 unspecified atom stereocenters. The Bertz CT molecular complexity index is 1820. The third-order valence-corrected chi connectivity index (χ3v) is 8.33. The molecule has 43 heavy (non-hydrogen) atoms. The second-order valence-corrected chi connectivity index (χ2v) is 11.1. The number of nitrogens with one attached hydrogen (secondary N) is 3. The number of hydrogen-bond donors (Lipinski definition) is 3. The van der Waals surface area contributed by atoms with E-state index in [0.717, 1.165) is 28.3 Å². The quantitative estimate of drug-likeness (QED) is 0.204. The molecule has 6 rings (SSSR count). The van der Waals surface area contributed by atoms with Crippen LogP contribution in [0.25, 0.3) is 21.7 Å². The van der Waals surface area contributed by atoms with Gasteiger partial charge in [-0.25, -0.2) is 0 Å². The number of likely N-dealkylation sites (N-methyl/N-ethyl adjacent to an activating group) is 1. The van der Waals surface area contributed by atoms with Crippen LogP contribution >= 0.6 is 0 Å². The summed E-state index contributed by atoms with van der Waals surface area (Å²) in [6.07, 6.45) is 1.77. The van der Waals surface area contributed by atoms with Gasteiger partial charge in [0.05, 0.1) is 23.0 Å². The maximum absolute atomic E-state index is 14.3. The summed E-state index contributed by atoms with van der Waals surface area (Å²) in [6.45, 7) is 0.928. The van der Waals surface area contributed by atoms with Crippen molar-refractivity contribution in [2.75, 3.05) is 18.5 Å². The van der Waals surface area contributed by atoms with E-state index >= 15 is 0 Å². The molecule has 0 radical (unpaired) electrons. The smallest absolute Gasteiger partial charge is 0.282 e. The second-order valence-electron chi connectivity index (χ2n) is 11.1. The molecule has 1 saturated heterocycles. The Balaban J connectivity index is 1.29. The average Bonchev–Trinajstić information content (AvgIpc) is 3.54. The lowest BCUT2D eigenvalue weighted by Crippen LogP contribution is -2.56. The van der Waals surface area contributed by atoms with E-state index in [1.54, 1.807) is 19.2 Å². The lowest BCUT2D eigenvalue weighted by atomic mass is 9.91. The zero-order chi connectivity index (χ0) is 29.8. The minimum Gasteiger partial charge on any atom is -0.332 e. The van der Waals surface area contributed by atoms with Gasteiger partial charge in [0, 0.05) is 13.1 Å². The number of ketones is 2. The molecule has 0 bridgehead atoms. The summed E-state index contributed by atoms with van der Waals surface area (Å²) in [5.41, 5.74) is 2.31. The first-order valence-electron chi connectivity index (χ1n) is 14.8. The SMILES string of the molecule is CN[C@@H](Cc1ccc2ccccc2c1)C(=O)[C@H](NCc1ccccc1)C(=O)[C@@H]1CCCN1c1nc(=O)c2ccccc2[nH]1. The summed E-state index contributed by atoms with van der Waals surface area (Å²) in [7, 11) is 1.76. The van der Waals surface area contributed by atoms with Gasteiger partial charge < -0.3 is 15.2 Å². The molecule has 1 aliphatic rings. The average molecular weight is 574 g/mol. The molecule has 2 heterocycles. The molecule has 4 aromatic carbocycles. The van der Waals surface area contributed by atoms with E-state index in [4.69, 9.17) is 0 Å². The zero-order valence-corrected chi connectivity index (χ0v) is 24.1. The molecule has 0 aliphatic carbocycles. The van der Waals surface area contributed by atoms with Crippen LogP contribution < -0.4 is 21.1 Å². The van der Waals surface area contributed by atoms with Crippen LogP contribution in [0.4, 0.5) is 5.95 Å². The Morgan fingerprint density at radius 1 is 0.930 bits per heavy atom. The minimum absolute atomic E-state index is 0.205. The second kappa shape index (κ2) is 12.7. The highest BCUT2D eigenvalue weighted by Gasteiger charge is 2.40. The Morgan fingerprint density at radius 2 is 1.67 bits per heavy atom. The molecular weight excluding hydrogens is 538 g/mol. The van der Waals surface area contributed by atoms with Crippen molar-refractivity contribution in [2.24, 2.45) is 0 Å². The molecule has 1 aliphatic heterocycles. The van der Waals surface area contributed by atoms with Gasteiger partial charge >= 0.3 is 0 Å². The number of carbonyl (C=O) groups excluding carboxylic acids is 2. The van der Waals surface area contributed by atoms with E-state index in [2.05, 4.69) is 44.9 Å². The Hall–Kier alpha value is -4.66. The van der Waals surface area contributed by atoms with Gasteiger partial charge in [0.1, 0.15) is 6.04 Å². The zero-order valence-electron chi connectivity index (χ0n) is 24.1. The highest BCUT2D eigenvalue weighted by Crippen LogP contribution is 2.25. The molecule has 0 amide bonds. The molecule has 0 spiro atoms. The van der Waals surface area contributed by atoms with E-state index in [1.165, 1.54) is 0 Å². The van der Waals surface area contributed by atoms with Gasteiger partial charge in [-0.3, -0.25) is 19.7 Å². The van der Waals surface area contributed by atoms with Crippen molar-refractivity contribution >= 4 is 39.2 Å². The predicted molar refractivity (Wildman–Crippen MR) is 170 cm³/mol. The minimum atomic E-state index is -1.05. The first kappa shape index (κ1) is 28.5. The van der Waals surface area contributed by atoms with Crippen LogP contribution in [0.3, 0.4) is 0 Å². The van der Waals surface area contributed by atoms with E-state index < -0.39 is 18.1 Å². The summed E-state index contributed by atoms with van der Waals surface area (Å²) < 4.78 is 0. The van der Waals surface area contributed by atoms with Gasteiger partial charge in [-0.05, 0) is 60.3 Å². The summed E-state index contributed by atoms with van der Waals surface area (Å²) in [6, 6.07) is 29.1. The van der Waals surface area contributed by atoms with Crippen LogP contribution in [-0.2, 0) is 22.6 Å². The van der Waals surface area contributed by atoms with Crippen molar-refractivity contribution < 1.29 is 9.59 Å². The van der Waals surface area contributed by atoms with Gasteiger partial charge in [-0.2, -0.15) is 4.98 Å². The van der Waals surface area contributed by atoms with Gasteiger partial charge in [-0.1, -0.05) is 84.9 Å². The topological polar surface area (TPSA) is 107 Å². The largest absolute Gasteiger partial charge is 0.332 e. The standard InChI is InChI=1S/C35H35N5O3/c1-36-29(21-24-17-18-25-12-5-6-13-26(25)20-24)32(41)31(37-22-23-10-3-2-4-11-23)33(42)30-16-9-19-40(30)35-38-28-15-8-7-14-27(28)34(43)39-35/h2-8,10-15,17-18,20,29-31,36-37H,9,16,19,21-22H2,1H3,(H,38,39,43)/t29-,30-,31-/m0/s1.